The standard InChI is InChI=1S/C19H23ClF2N4O/c1-25(13-2-3-16(20)14(10-13)18(21)22)19-15-11-23-7-4-17(15)26(24-19)12-5-8-27-9-6-12/h2-3,10,12,18,23H,4-9,11H2,1H3. The molecule has 5 nitrogen and oxygen atoms in total. The molecule has 0 aliphatic carbocycles. The van der Waals surface area contributed by atoms with Gasteiger partial charge in [0.05, 0.1) is 6.04 Å². The smallest absolute Gasteiger partial charge is 0.265 e. The quantitative estimate of drug-likeness (QED) is 0.839. The Kier molecular flexibility index (Phi) is 5.34. The highest BCUT2D eigenvalue weighted by Crippen LogP contribution is 2.36. The summed E-state index contributed by atoms with van der Waals surface area (Å²) in [7, 11) is 1.87. The minimum Gasteiger partial charge on any atom is -0.381 e. The van der Waals surface area contributed by atoms with Crippen molar-refractivity contribution in [2.24, 2.45) is 0 Å². The van der Waals surface area contributed by atoms with Crippen molar-refractivity contribution in [3.63, 3.8) is 0 Å². The van der Waals surface area contributed by atoms with Crippen molar-refractivity contribution in [2.75, 3.05) is 31.7 Å². The average molecular weight is 397 g/mol. The zero-order chi connectivity index (χ0) is 19.0. The van der Waals surface area contributed by atoms with Gasteiger partial charge in [-0.05, 0) is 31.0 Å². The van der Waals surface area contributed by atoms with E-state index in [1.165, 1.54) is 17.8 Å². The van der Waals surface area contributed by atoms with Crippen LogP contribution in [0.1, 0.15) is 42.1 Å². The van der Waals surface area contributed by atoms with Crippen molar-refractivity contribution in [1.82, 2.24) is 15.1 Å². The summed E-state index contributed by atoms with van der Waals surface area (Å²) < 4.78 is 34.1. The number of hydrogen-bond acceptors (Lipinski definition) is 4. The minimum absolute atomic E-state index is 0.0820. The zero-order valence-electron chi connectivity index (χ0n) is 15.2. The van der Waals surface area contributed by atoms with Crippen LogP contribution >= 0.6 is 11.6 Å². The normalized spacial score (nSPS) is 18.0. The fourth-order valence-electron chi connectivity index (χ4n) is 3.89. The number of rotatable bonds is 4. The van der Waals surface area contributed by atoms with Gasteiger partial charge in [0.15, 0.2) is 5.82 Å². The molecular weight excluding hydrogens is 374 g/mol. The molecule has 1 aromatic heterocycles. The summed E-state index contributed by atoms with van der Waals surface area (Å²) in [5.74, 6) is 0.811. The van der Waals surface area contributed by atoms with E-state index in [0.717, 1.165) is 56.9 Å². The second-order valence-corrected chi connectivity index (χ2v) is 7.44. The molecular formula is C19H23ClF2N4O. The Morgan fingerprint density at radius 2 is 2.11 bits per heavy atom. The van der Waals surface area contributed by atoms with Gasteiger partial charge >= 0.3 is 0 Å². The van der Waals surface area contributed by atoms with Gasteiger partial charge in [-0.3, -0.25) is 4.68 Å². The predicted molar refractivity (Wildman–Crippen MR) is 101 cm³/mol. The van der Waals surface area contributed by atoms with Crippen LogP contribution in [-0.4, -0.2) is 36.6 Å². The summed E-state index contributed by atoms with van der Waals surface area (Å²) in [6, 6.07) is 5.05. The number of nitrogens with one attached hydrogen (secondary N) is 1. The maximum absolute atomic E-state index is 13.2. The van der Waals surface area contributed by atoms with Crippen LogP contribution in [0.3, 0.4) is 0 Å². The molecule has 3 heterocycles. The number of alkyl halides is 2. The summed E-state index contributed by atoms with van der Waals surface area (Å²) in [5.41, 5.74) is 2.88. The third-order valence-electron chi connectivity index (χ3n) is 5.39. The van der Waals surface area contributed by atoms with Gasteiger partial charge in [-0.15, -0.1) is 0 Å². The maximum atomic E-state index is 13.2. The Morgan fingerprint density at radius 1 is 1.33 bits per heavy atom. The number of benzene rings is 1. The van der Waals surface area contributed by atoms with Crippen LogP contribution in [0.2, 0.25) is 5.02 Å². The summed E-state index contributed by atoms with van der Waals surface area (Å²) in [6.07, 6.45) is 0.194. The number of ether oxygens (including phenoxy) is 1. The minimum atomic E-state index is -2.61. The van der Waals surface area contributed by atoms with Gasteiger partial charge in [-0.1, -0.05) is 11.6 Å². The van der Waals surface area contributed by atoms with Crippen LogP contribution in [-0.2, 0) is 17.7 Å². The van der Waals surface area contributed by atoms with E-state index in [4.69, 9.17) is 21.4 Å². The third kappa shape index (κ3) is 3.56. The van der Waals surface area contributed by atoms with Crippen LogP contribution in [0.25, 0.3) is 0 Å². The van der Waals surface area contributed by atoms with Gasteiger partial charge in [0.1, 0.15) is 0 Å². The van der Waals surface area contributed by atoms with E-state index in [2.05, 4.69) is 10.00 Å². The molecule has 0 radical (unpaired) electrons. The molecule has 0 amide bonds. The number of nitrogens with zero attached hydrogens (tertiary/aromatic N) is 3. The average Bonchev–Trinajstić information content (AvgIpc) is 3.08. The van der Waals surface area contributed by atoms with Crippen molar-refractivity contribution in [3.8, 4) is 0 Å². The molecule has 1 saturated heterocycles. The number of fused-ring (bicyclic) bond motifs is 1. The van der Waals surface area contributed by atoms with Gasteiger partial charge in [-0.25, -0.2) is 8.78 Å². The fourth-order valence-corrected chi connectivity index (χ4v) is 4.09. The first-order valence-electron chi connectivity index (χ1n) is 9.26. The molecule has 2 aliphatic heterocycles. The topological polar surface area (TPSA) is 42.3 Å². The summed E-state index contributed by atoms with van der Waals surface area (Å²) in [4.78, 5) is 1.88. The third-order valence-corrected chi connectivity index (χ3v) is 5.74. The number of aromatic nitrogens is 2. The molecule has 1 aromatic carbocycles. The van der Waals surface area contributed by atoms with E-state index >= 15 is 0 Å². The highest BCUT2D eigenvalue weighted by Gasteiger charge is 2.28. The molecule has 2 aliphatic rings. The lowest BCUT2D eigenvalue weighted by Gasteiger charge is -2.25. The van der Waals surface area contributed by atoms with E-state index in [9.17, 15) is 8.78 Å². The molecule has 146 valence electrons. The fraction of sp³-hybridized carbons (Fsp3) is 0.526. The molecule has 27 heavy (non-hydrogen) atoms. The van der Waals surface area contributed by atoms with Crippen molar-refractivity contribution in [2.45, 2.75) is 38.3 Å². The van der Waals surface area contributed by atoms with Crippen molar-refractivity contribution in [3.05, 3.63) is 40.0 Å². The van der Waals surface area contributed by atoms with Gasteiger partial charge < -0.3 is 15.0 Å². The summed E-state index contributed by atoms with van der Waals surface area (Å²) in [5, 5.41) is 8.39. The highest BCUT2D eigenvalue weighted by atomic mass is 35.5. The van der Waals surface area contributed by atoms with Crippen molar-refractivity contribution in [1.29, 1.82) is 0 Å². The SMILES string of the molecule is CN(c1ccc(Cl)c(C(F)F)c1)c1nn(C2CCOCC2)c2c1CNCC2. The lowest BCUT2D eigenvalue weighted by Crippen LogP contribution is -2.28. The van der Waals surface area contributed by atoms with E-state index in [0.29, 0.717) is 11.7 Å². The van der Waals surface area contributed by atoms with Crippen molar-refractivity contribution < 1.29 is 13.5 Å². The van der Waals surface area contributed by atoms with Gasteiger partial charge in [0.2, 0.25) is 0 Å². The van der Waals surface area contributed by atoms with Crippen LogP contribution < -0.4 is 10.2 Å². The van der Waals surface area contributed by atoms with Gasteiger partial charge in [0, 0.05) is 67.3 Å². The Hall–Kier alpha value is -1.70. The second kappa shape index (κ2) is 7.73. The molecule has 1 fully saturated rings. The van der Waals surface area contributed by atoms with E-state index < -0.39 is 6.43 Å². The van der Waals surface area contributed by atoms with E-state index in [1.807, 2.05) is 11.9 Å². The van der Waals surface area contributed by atoms with E-state index in [-0.39, 0.29) is 10.6 Å². The largest absolute Gasteiger partial charge is 0.381 e. The molecule has 0 saturated carbocycles. The number of halogens is 3. The molecule has 1 N–H and O–H groups in total. The molecule has 8 heteroatoms. The molecule has 0 bridgehead atoms. The molecule has 2 aromatic rings. The van der Waals surface area contributed by atoms with Crippen LogP contribution in [0.5, 0.6) is 0 Å². The Labute approximate surface area is 162 Å². The first-order valence-corrected chi connectivity index (χ1v) is 9.64. The molecule has 0 spiro atoms. The van der Waals surface area contributed by atoms with Crippen molar-refractivity contribution >= 4 is 23.1 Å². The van der Waals surface area contributed by atoms with Gasteiger partial charge in [0.25, 0.3) is 6.43 Å². The first kappa shape index (κ1) is 18.7. The second-order valence-electron chi connectivity index (χ2n) is 7.03. The number of hydrogen-bond donors (Lipinski definition) is 1. The molecule has 0 unspecified atom stereocenters. The summed E-state index contributed by atoms with van der Waals surface area (Å²) >= 11 is 5.92. The monoisotopic (exact) mass is 396 g/mol. The Morgan fingerprint density at radius 3 is 2.85 bits per heavy atom. The summed E-state index contributed by atoms with van der Waals surface area (Å²) in [6.45, 7) is 3.14. The van der Waals surface area contributed by atoms with E-state index in [1.54, 1.807) is 6.07 Å². The zero-order valence-corrected chi connectivity index (χ0v) is 16.0. The van der Waals surface area contributed by atoms with Gasteiger partial charge in [-0.2, -0.15) is 5.10 Å². The van der Waals surface area contributed by atoms with Crippen LogP contribution in [0.15, 0.2) is 18.2 Å². The lowest BCUT2D eigenvalue weighted by molar-refractivity contribution is 0.0654. The van der Waals surface area contributed by atoms with Crippen LogP contribution in [0.4, 0.5) is 20.3 Å². The molecule has 4 rings (SSSR count). The molecule has 0 atom stereocenters. The predicted octanol–water partition coefficient (Wildman–Crippen LogP) is 4.24. The first-order chi connectivity index (χ1) is 13.1. The maximum Gasteiger partial charge on any atom is 0.265 e. The number of anilines is 2. The lowest BCUT2D eigenvalue weighted by atomic mass is 10.1. The Balaban J connectivity index is 1.72. The van der Waals surface area contributed by atoms with Crippen LogP contribution in [0, 0.1) is 0 Å². The Bertz CT molecular complexity index is 820. The highest BCUT2D eigenvalue weighted by molar-refractivity contribution is 6.31.